The number of amides is 1. The number of nitrogens with one attached hydrogen (secondary N) is 1. The van der Waals surface area contributed by atoms with Crippen molar-refractivity contribution >= 4 is 34.7 Å². The maximum absolute atomic E-state index is 12.1. The summed E-state index contributed by atoms with van der Waals surface area (Å²) >= 11 is 2.78. The number of carbonyl (C=O) groups is 1. The number of rotatable bonds is 5. The fourth-order valence-corrected chi connectivity index (χ4v) is 3.56. The van der Waals surface area contributed by atoms with Crippen molar-refractivity contribution in [2.75, 3.05) is 5.32 Å². The first-order chi connectivity index (χ1) is 10.7. The van der Waals surface area contributed by atoms with Gasteiger partial charge in [0, 0.05) is 16.8 Å². The number of aromatic nitrogens is 1. The van der Waals surface area contributed by atoms with Crippen LogP contribution < -0.4 is 10.1 Å². The highest BCUT2D eigenvalue weighted by atomic mass is 32.2. The van der Waals surface area contributed by atoms with Gasteiger partial charge in [-0.25, -0.2) is 4.98 Å². The molecule has 0 aliphatic rings. The Morgan fingerprint density at radius 1 is 1.35 bits per heavy atom. The number of nitrogens with zero attached hydrogens (tertiary/aromatic N) is 1. The van der Waals surface area contributed by atoms with E-state index >= 15 is 0 Å². The summed E-state index contributed by atoms with van der Waals surface area (Å²) in [5.41, 5.74) is 1.29. The molecule has 0 saturated carbocycles. The second kappa shape index (κ2) is 7.22. The van der Waals surface area contributed by atoms with E-state index < -0.39 is 6.36 Å². The molecule has 1 aromatic heterocycles. The van der Waals surface area contributed by atoms with Gasteiger partial charge in [0.2, 0.25) is 5.91 Å². The van der Waals surface area contributed by atoms with Gasteiger partial charge in [-0.05, 0) is 38.1 Å². The van der Waals surface area contributed by atoms with E-state index in [2.05, 4.69) is 15.0 Å². The van der Waals surface area contributed by atoms with Crippen LogP contribution in [0.15, 0.2) is 34.0 Å². The van der Waals surface area contributed by atoms with Gasteiger partial charge in [0.15, 0.2) is 4.34 Å². The maximum atomic E-state index is 12.1. The first-order valence-corrected chi connectivity index (χ1v) is 8.24. The molecule has 0 spiro atoms. The van der Waals surface area contributed by atoms with Crippen LogP contribution in [0.4, 0.5) is 18.9 Å². The van der Waals surface area contributed by atoms with E-state index in [1.807, 2.05) is 12.3 Å². The molecule has 124 valence electrons. The summed E-state index contributed by atoms with van der Waals surface area (Å²) in [4.78, 5) is 16.3. The number of halogens is 3. The Balaban J connectivity index is 1.91. The zero-order valence-electron chi connectivity index (χ0n) is 12.2. The number of ether oxygens (including phenoxy) is 1. The van der Waals surface area contributed by atoms with E-state index in [9.17, 15) is 18.0 Å². The molecule has 1 N–H and O–H groups in total. The van der Waals surface area contributed by atoms with Crippen LogP contribution in [0.1, 0.15) is 12.6 Å². The van der Waals surface area contributed by atoms with E-state index in [0.29, 0.717) is 5.69 Å². The lowest BCUT2D eigenvalue weighted by molar-refractivity contribution is -0.274. The third-order valence-corrected chi connectivity index (χ3v) is 4.79. The molecule has 0 fully saturated rings. The first-order valence-electron chi connectivity index (χ1n) is 6.48. The maximum Gasteiger partial charge on any atom is 0.573 e. The standard InChI is InChI=1S/C14H13F3N2O2S2/c1-8-7-22-13(18-8)23-9(2)12(20)19-10-3-5-11(6-4-10)21-14(15,16)17/h3-7,9H,1-2H3,(H,19,20)/t9-/m1/s1. The van der Waals surface area contributed by atoms with Crippen molar-refractivity contribution in [3.05, 3.63) is 35.3 Å². The Morgan fingerprint density at radius 3 is 2.52 bits per heavy atom. The largest absolute Gasteiger partial charge is 0.573 e. The summed E-state index contributed by atoms with van der Waals surface area (Å²) in [6, 6.07) is 4.99. The predicted molar refractivity (Wildman–Crippen MR) is 83.9 cm³/mol. The zero-order chi connectivity index (χ0) is 17.0. The fourth-order valence-electron chi connectivity index (χ4n) is 1.58. The second-order valence-corrected chi connectivity index (χ2v) is 7.02. The van der Waals surface area contributed by atoms with Gasteiger partial charge in [-0.3, -0.25) is 4.79 Å². The van der Waals surface area contributed by atoms with E-state index in [1.54, 1.807) is 6.92 Å². The van der Waals surface area contributed by atoms with Crippen molar-refractivity contribution in [2.45, 2.75) is 29.8 Å². The summed E-state index contributed by atoms with van der Waals surface area (Å²) in [6.45, 7) is 3.60. The van der Waals surface area contributed by atoms with Crippen molar-refractivity contribution in [2.24, 2.45) is 0 Å². The smallest absolute Gasteiger partial charge is 0.406 e. The molecule has 2 aromatic rings. The Labute approximate surface area is 139 Å². The van der Waals surface area contributed by atoms with Crippen molar-refractivity contribution in [1.29, 1.82) is 0 Å². The van der Waals surface area contributed by atoms with Crippen LogP contribution in [0, 0.1) is 6.92 Å². The van der Waals surface area contributed by atoms with E-state index in [0.717, 1.165) is 22.2 Å². The summed E-state index contributed by atoms with van der Waals surface area (Å²) < 4.78 is 40.8. The molecular weight excluding hydrogens is 349 g/mol. The second-order valence-electron chi connectivity index (χ2n) is 4.58. The minimum absolute atomic E-state index is 0.257. The molecule has 0 radical (unpaired) electrons. The van der Waals surface area contributed by atoms with Gasteiger partial charge in [0.25, 0.3) is 0 Å². The molecule has 1 aromatic carbocycles. The Morgan fingerprint density at radius 2 is 2.00 bits per heavy atom. The van der Waals surface area contributed by atoms with Gasteiger partial charge in [-0.15, -0.1) is 24.5 Å². The van der Waals surface area contributed by atoms with E-state index in [-0.39, 0.29) is 16.9 Å². The average molecular weight is 362 g/mol. The van der Waals surface area contributed by atoms with Gasteiger partial charge < -0.3 is 10.1 Å². The minimum Gasteiger partial charge on any atom is -0.406 e. The van der Waals surface area contributed by atoms with Crippen LogP contribution in [0.3, 0.4) is 0 Å². The highest BCUT2D eigenvalue weighted by Gasteiger charge is 2.31. The Bertz CT molecular complexity index is 671. The molecule has 0 bridgehead atoms. The Hall–Kier alpha value is -1.74. The molecule has 0 saturated heterocycles. The van der Waals surface area contributed by atoms with Gasteiger partial charge in [0.1, 0.15) is 5.75 Å². The SMILES string of the molecule is Cc1csc(S[C@H](C)C(=O)Nc2ccc(OC(F)(F)F)cc2)n1. The number of hydrogen-bond acceptors (Lipinski definition) is 5. The highest BCUT2D eigenvalue weighted by Crippen LogP contribution is 2.28. The molecule has 9 heteroatoms. The lowest BCUT2D eigenvalue weighted by Gasteiger charge is -2.12. The number of benzene rings is 1. The van der Waals surface area contributed by atoms with Crippen LogP contribution in [-0.4, -0.2) is 22.5 Å². The van der Waals surface area contributed by atoms with Crippen LogP contribution >= 0.6 is 23.1 Å². The molecule has 1 amide bonds. The monoisotopic (exact) mass is 362 g/mol. The van der Waals surface area contributed by atoms with Crippen LogP contribution in [0.5, 0.6) is 5.75 Å². The topological polar surface area (TPSA) is 51.2 Å². The Kier molecular flexibility index (Phi) is 5.53. The van der Waals surface area contributed by atoms with E-state index in [4.69, 9.17) is 0 Å². The van der Waals surface area contributed by atoms with Gasteiger partial charge in [0.05, 0.1) is 5.25 Å². The number of carbonyl (C=O) groups excluding carboxylic acids is 1. The van der Waals surface area contributed by atoms with Crippen molar-refractivity contribution in [3.63, 3.8) is 0 Å². The quantitative estimate of drug-likeness (QED) is 0.798. The van der Waals surface area contributed by atoms with Crippen LogP contribution in [0.2, 0.25) is 0 Å². The number of thiazole rings is 1. The third kappa shape index (κ3) is 5.76. The lowest BCUT2D eigenvalue weighted by Crippen LogP contribution is -2.22. The number of aryl methyl sites for hydroxylation is 1. The van der Waals surface area contributed by atoms with Gasteiger partial charge >= 0.3 is 6.36 Å². The zero-order valence-corrected chi connectivity index (χ0v) is 13.8. The first kappa shape index (κ1) is 17.6. The molecule has 1 atom stereocenters. The number of thioether (sulfide) groups is 1. The summed E-state index contributed by atoms with van der Waals surface area (Å²) in [5.74, 6) is -0.594. The van der Waals surface area contributed by atoms with Crippen molar-refractivity contribution < 1.29 is 22.7 Å². The summed E-state index contributed by atoms with van der Waals surface area (Å²) in [6.07, 6.45) is -4.73. The van der Waals surface area contributed by atoms with Crippen molar-refractivity contribution in [3.8, 4) is 5.75 Å². The molecular formula is C14H13F3N2O2S2. The van der Waals surface area contributed by atoms with Crippen LogP contribution in [-0.2, 0) is 4.79 Å². The van der Waals surface area contributed by atoms with Gasteiger partial charge in [-0.2, -0.15) is 0 Å². The summed E-state index contributed by atoms with van der Waals surface area (Å²) in [5, 5.41) is 4.15. The van der Waals surface area contributed by atoms with Crippen molar-refractivity contribution in [1.82, 2.24) is 4.98 Å². The third-order valence-electron chi connectivity index (χ3n) is 2.60. The fraction of sp³-hybridized carbons (Fsp3) is 0.286. The molecule has 4 nitrogen and oxygen atoms in total. The molecule has 2 rings (SSSR count). The predicted octanol–water partition coefficient (Wildman–Crippen LogP) is 4.47. The van der Waals surface area contributed by atoms with E-state index in [1.165, 1.54) is 35.2 Å². The molecule has 1 heterocycles. The normalized spacial score (nSPS) is 12.7. The minimum atomic E-state index is -4.73. The molecule has 0 aliphatic heterocycles. The van der Waals surface area contributed by atoms with Gasteiger partial charge in [-0.1, -0.05) is 11.8 Å². The molecule has 23 heavy (non-hydrogen) atoms. The van der Waals surface area contributed by atoms with Crippen LogP contribution in [0.25, 0.3) is 0 Å². The number of alkyl halides is 3. The number of anilines is 1. The highest BCUT2D eigenvalue weighted by molar-refractivity contribution is 8.02. The lowest BCUT2D eigenvalue weighted by atomic mass is 10.3. The molecule has 0 unspecified atom stereocenters. The summed E-state index contributed by atoms with van der Waals surface area (Å²) in [7, 11) is 0. The average Bonchev–Trinajstić information content (AvgIpc) is 2.84. The molecule has 0 aliphatic carbocycles. The number of hydrogen-bond donors (Lipinski definition) is 1.